The minimum atomic E-state index is -0.157. The van der Waals surface area contributed by atoms with E-state index in [9.17, 15) is 4.79 Å². The maximum atomic E-state index is 11.9. The maximum absolute atomic E-state index is 11.9. The van der Waals surface area contributed by atoms with E-state index in [1.807, 2.05) is 32.0 Å². The van der Waals surface area contributed by atoms with Crippen LogP contribution in [0.15, 0.2) is 30.6 Å². The van der Waals surface area contributed by atoms with Gasteiger partial charge in [0.15, 0.2) is 6.61 Å². The molecule has 0 spiro atoms. The normalized spacial score (nSPS) is 13.7. The molecular formula is C18H21N3O2. The van der Waals surface area contributed by atoms with E-state index in [2.05, 4.69) is 21.4 Å². The van der Waals surface area contributed by atoms with Crippen molar-refractivity contribution in [3.05, 3.63) is 53.1 Å². The Morgan fingerprint density at radius 1 is 1.17 bits per heavy atom. The molecule has 1 saturated carbocycles. The van der Waals surface area contributed by atoms with Crippen LogP contribution in [0.4, 0.5) is 0 Å². The average Bonchev–Trinajstić information content (AvgIpc) is 3.35. The summed E-state index contributed by atoms with van der Waals surface area (Å²) in [4.78, 5) is 20.4. The van der Waals surface area contributed by atoms with Crippen LogP contribution in [0.2, 0.25) is 0 Å². The van der Waals surface area contributed by atoms with Gasteiger partial charge >= 0.3 is 0 Å². The van der Waals surface area contributed by atoms with E-state index in [1.165, 1.54) is 12.8 Å². The number of carbonyl (C=O) groups excluding carboxylic acids is 1. The van der Waals surface area contributed by atoms with Crippen molar-refractivity contribution >= 4 is 5.91 Å². The van der Waals surface area contributed by atoms with Crippen LogP contribution in [0.3, 0.4) is 0 Å². The molecule has 0 bridgehead atoms. The Morgan fingerprint density at radius 3 is 2.61 bits per heavy atom. The van der Waals surface area contributed by atoms with Crippen LogP contribution in [0, 0.1) is 13.8 Å². The summed E-state index contributed by atoms with van der Waals surface area (Å²) < 4.78 is 5.55. The van der Waals surface area contributed by atoms with Gasteiger partial charge in [-0.15, -0.1) is 0 Å². The summed E-state index contributed by atoms with van der Waals surface area (Å²) >= 11 is 0. The fraction of sp³-hybridized carbons (Fsp3) is 0.389. The third kappa shape index (κ3) is 4.52. The minimum absolute atomic E-state index is 0.00343. The molecule has 1 aliphatic carbocycles. The molecule has 1 N–H and O–H groups in total. The van der Waals surface area contributed by atoms with Crippen molar-refractivity contribution in [2.45, 2.75) is 39.2 Å². The van der Waals surface area contributed by atoms with E-state index in [0.717, 1.165) is 28.3 Å². The molecule has 120 valence electrons. The van der Waals surface area contributed by atoms with E-state index in [1.54, 1.807) is 6.33 Å². The number of benzene rings is 1. The molecule has 1 fully saturated rings. The zero-order chi connectivity index (χ0) is 16.2. The van der Waals surface area contributed by atoms with Gasteiger partial charge in [-0.1, -0.05) is 6.07 Å². The van der Waals surface area contributed by atoms with Gasteiger partial charge < -0.3 is 10.1 Å². The van der Waals surface area contributed by atoms with Gasteiger partial charge in [-0.3, -0.25) is 4.79 Å². The Hall–Kier alpha value is -2.43. The second kappa shape index (κ2) is 6.77. The monoisotopic (exact) mass is 311 g/mol. The molecule has 1 aliphatic rings. The molecule has 0 aliphatic heterocycles. The Labute approximate surface area is 136 Å². The molecule has 1 aromatic carbocycles. The Bertz CT molecular complexity index is 691. The first-order valence-corrected chi connectivity index (χ1v) is 7.89. The van der Waals surface area contributed by atoms with E-state index < -0.39 is 0 Å². The van der Waals surface area contributed by atoms with Gasteiger partial charge in [0.05, 0.1) is 12.2 Å². The van der Waals surface area contributed by atoms with Gasteiger partial charge in [0.25, 0.3) is 5.91 Å². The molecule has 3 rings (SSSR count). The highest BCUT2D eigenvalue weighted by Crippen LogP contribution is 2.38. The van der Waals surface area contributed by atoms with Gasteiger partial charge in [0, 0.05) is 11.6 Å². The molecule has 1 heterocycles. The zero-order valence-corrected chi connectivity index (χ0v) is 13.5. The number of rotatable bonds is 6. The molecule has 0 radical (unpaired) electrons. The van der Waals surface area contributed by atoms with Crippen LogP contribution < -0.4 is 10.1 Å². The summed E-state index contributed by atoms with van der Waals surface area (Å²) in [5.74, 6) is 1.15. The molecule has 23 heavy (non-hydrogen) atoms. The van der Waals surface area contributed by atoms with Crippen molar-refractivity contribution in [2.75, 3.05) is 6.61 Å². The van der Waals surface area contributed by atoms with Crippen molar-refractivity contribution in [1.29, 1.82) is 0 Å². The Morgan fingerprint density at radius 2 is 1.91 bits per heavy atom. The number of hydrogen-bond acceptors (Lipinski definition) is 4. The van der Waals surface area contributed by atoms with E-state index in [4.69, 9.17) is 4.74 Å². The molecule has 1 aromatic heterocycles. The Kier molecular flexibility index (Phi) is 4.55. The smallest absolute Gasteiger partial charge is 0.258 e. The Balaban J connectivity index is 1.48. The number of nitrogens with zero attached hydrogens (tertiary/aromatic N) is 2. The lowest BCUT2D eigenvalue weighted by Crippen LogP contribution is -2.28. The summed E-state index contributed by atoms with van der Waals surface area (Å²) in [6.45, 7) is 4.42. The second-order valence-electron chi connectivity index (χ2n) is 6.10. The number of amides is 1. The van der Waals surface area contributed by atoms with Gasteiger partial charge in [-0.05, 0) is 56.0 Å². The SMILES string of the molecule is Cc1cc(C)cc(OCC(=O)NCc2cc(C3CC3)ncn2)c1. The molecule has 0 unspecified atom stereocenters. The number of aromatic nitrogens is 2. The summed E-state index contributed by atoms with van der Waals surface area (Å²) in [6, 6.07) is 7.89. The fourth-order valence-corrected chi connectivity index (χ4v) is 2.52. The molecule has 2 aromatic rings. The summed E-state index contributed by atoms with van der Waals surface area (Å²) in [5, 5.41) is 2.83. The van der Waals surface area contributed by atoms with Gasteiger partial charge in [0.1, 0.15) is 12.1 Å². The van der Waals surface area contributed by atoms with Gasteiger partial charge in [0.2, 0.25) is 0 Å². The molecule has 5 heteroatoms. The number of hydrogen-bond donors (Lipinski definition) is 1. The average molecular weight is 311 g/mol. The summed E-state index contributed by atoms with van der Waals surface area (Å²) in [5.41, 5.74) is 4.15. The first kappa shape index (κ1) is 15.5. The van der Waals surface area contributed by atoms with Crippen molar-refractivity contribution in [3.8, 4) is 5.75 Å². The van der Waals surface area contributed by atoms with Crippen molar-refractivity contribution in [1.82, 2.24) is 15.3 Å². The number of carbonyl (C=O) groups is 1. The largest absolute Gasteiger partial charge is 0.484 e. The molecular weight excluding hydrogens is 290 g/mol. The van der Waals surface area contributed by atoms with Crippen LogP contribution in [0.5, 0.6) is 5.75 Å². The van der Waals surface area contributed by atoms with Crippen molar-refractivity contribution in [3.63, 3.8) is 0 Å². The highest BCUT2D eigenvalue weighted by atomic mass is 16.5. The van der Waals surface area contributed by atoms with Crippen LogP contribution in [-0.2, 0) is 11.3 Å². The number of ether oxygens (including phenoxy) is 1. The summed E-state index contributed by atoms with van der Waals surface area (Å²) in [7, 11) is 0. The first-order valence-electron chi connectivity index (χ1n) is 7.89. The molecule has 0 saturated heterocycles. The third-order valence-electron chi connectivity index (χ3n) is 3.77. The second-order valence-corrected chi connectivity index (χ2v) is 6.10. The topological polar surface area (TPSA) is 64.1 Å². The fourth-order valence-electron chi connectivity index (χ4n) is 2.52. The zero-order valence-electron chi connectivity index (χ0n) is 13.5. The molecule has 1 amide bonds. The van der Waals surface area contributed by atoms with E-state index >= 15 is 0 Å². The molecule has 5 nitrogen and oxygen atoms in total. The molecule has 0 atom stereocenters. The summed E-state index contributed by atoms with van der Waals surface area (Å²) in [6.07, 6.45) is 3.97. The predicted octanol–water partition coefficient (Wildman–Crippen LogP) is 2.67. The third-order valence-corrected chi connectivity index (χ3v) is 3.77. The predicted molar refractivity (Wildman–Crippen MR) is 87.3 cm³/mol. The van der Waals surface area contributed by atoms with Gasteiger partial charge in [-0.25, -0.2) is 9.97 Å². The van der Waals surface area contributed by atoms with Crippen LogP contribution in [-0.4, -0.2) is 22.5 Å². The lowest BCUT2D eigenvalue weighted by atomic mass is 10.1. The minimum Gasteiger partial charge on any atom is -0.484 e. The lowest BCUT2D eigenvalue weighted by Gasteiger charge is -2.09. The number of aryl methyl sites for hydroxylation is 2. The van der Waals surface area contributed by atoms with Crippen LogP contribution in [0.25, 0.3) is 0 Å². The first-order chi connectivity index (χ1) is 11.1. The van der Waals surface area contributed by atoms with Gasteiger partial charge in [-0.2, -0.15) is 0 Å². The highest BCUT2D eigenvalue weighted by molar-refractivity contribution is 5.77. The maximum Gasteiger partial charge on any atom is 0.258 e. The van der Waals surface area contributed by atoms with E-state index in [0.29, 0.717) is 12.5 Å². The van der Waals surface area contributed by atoms with Crippen molar-refractivity contribution in [2.24, 2.45) is 0 Å². The van der Waals surface area contributed by atoms with Crippen LogP contribution >= 0.6 is 0 Å². The quantitative estimate of drug-likeness (QED) is 0.891. The number of nitrogens with one attached hydrogen (secondary N) is 1. The lowest BCUT2D eigenvalue weighted by molar-refractivity contribution is -0.123. The standard InChI is InChI=1S/C18H21N3O2/c1-12-5-13(2)7-16(6-12)23-10-18(22)19-9-15-8-17(14-3-4-14)21-11-20-15/h5-8,11,14H,3-4,9-10H2,1-2H3,(H,19,22). The van der Waals surface area contributed by atoms with Crippen LogP contribution in [0.1, 0.15) is 41.3 Å². The highest BCUT2D eigenvalue weighted by Gasteiger charge is 2.25. The van der Waals surface area contributed by atoms with Crippen molar-refractivity contribution < 1.29 is 9.53 Å². The van der Waals surface area contributed by atoms with E-state index in [-0.39, 0.29) is 12.5 Å².